The Morgan fingerprint density at radius 3 is 2.23 bits per heavy atom. The third-order valence-electron chi connectivity index (χ3n) is 3.39. The smallest absolute Gasteiger partial charge is 0.222 e. The molecule has 0 spiro atoms. The predicted octanol–water partition coefficient (Wildman–Crippen LogP) is 1.68. The van der Waals surface area contributed by atoms with E-state index in [2.05, 4.69) is 5.32 Å². The summed E-state index contributed by atoms with van der Waals surface area (Å²) in [7, 11) is 1.62. The van der Waals surface area contributed by atoms with E-state index in [0.29, 0.717) is 58.2 Å². The van der Waals surface area contributed by atoms with Crippen molar-refractivity contribution in [2.45, 2.75) is 38.6 Å². The van der Waals surface area contributed by atoms with Crippen LogP contribution in [0.1, 0.15) is 32.6 Å². The third kappa shape index (κ3) is 15.6. The minimum Gasteiger partial charge on any atom is -0.382 e. The van der Waals surface area contributed by atoms with Gasteiger partial charge in [-0.1, -0.05) is 6.92 Å². The van der Waals surface area contributed by atoms with Gasteiger partial charge in [-0.15, -0.1) is 0 Å². The molecule has 0 bridgehead atoms. The number of nitrogens with one attached hydrogen (secondary N) is 1. The van der Waals surface area contributed by atoms with Gasteiger partial charge in [0, 0.05) is 38.9 Å². The van der Waals surface area contributed by atoms with Crippen molar-refractivity contribution in [3.05, 3.63) is 0 Å². The van der Waals surface area contributed by atoms with Crippen molar-refractivity contribution in [1.29, 1.82) is 0 Å². The topological polar surface area (TPSA) is 83.1 Å². The highest BCUT2D eigenvalue weighted by atomic mass is 32.2. The molecule has 7 nitrogen and oxygen atoms in total. The Balaban J connectivity index is 3.89. The molecule has 0 aliphatic carbocycles. The number of rotatable bonds is 19. The van der Waals surface area contributed by atoms with E-state index >= 15 is 0 Å². The molecule has 0 aliphatic rings. The molecule has 1 unspecified atom stereocenters. The summed E-state index contributed by atoms with van der Waals surface area (Å²) in [6, 6.07) is -0.454. The van der Waals surface area contributed by atoms with Gasteiger partial charge in [0.2, 0.25) is 5.91 Å². The van der Waals surface area contributed by atoms with Crippen LogP contribution in [0, 0.1) is 0 Å². The molecular weight excluding hydrogens is 358 g/mol. The summed E-state index contributed by atoms with van der Waals surface area (Å²) in [5, 5.41) is 2.81. The molecule has 0 rings (SSSR count). The van der Waals surface area contributed by atoms with Crippen molar-refractivity contribution in [3.8, 4) is 0 Å². The van der Waals surface area contributed by atoms with Crippen LogP contribution < -0.4 is 5.32 Å². The second kappa shape index (κ2) is 19.1. The lowest BCUT2D eigenvalue weighted by molar-refractivity contribution is -0.128. The van der Waals surface area contributed by atoms with E-state index < -0.39 is 6.04 Å². The average Bonchev–Trinajstić information content (AvgIpc) is 2.63. The van der Waals surface area contributed by atoms with Crippen LogP contribution in [0.3, 0.4) is 0 Å². The van der Waals surface area contributed by atoms with Gasteiger partial charge in [-0.3, -0.25) is 9.59 Å². The summed E-state index contributed by atoms with van der Waals surface area (Å²) in [6.45, 7) is 5.70. The maximum Gasteiger partial charge on any atom is 0.222 e. The standard InChI is InChI=1S/C18H35NO6S/c1-4-8-23-13-14-25-10-7-18(21)19-16(15-26-3)17(20)6-5-9-24-12-11-22-2/h16H,4-15H2,1-3H3,(H,19,21). The highest BCUT2D eigenvalue weighted by Crippen LogP contribution is 2.04. The summed E-state index contributed by atoms with van der Waals surface area (Å²) in [5.41, 5.74) is 0. The normalized spacial score (nSPS) is 12.1. The zero-order valence-corrected chi connectivity index (χ0v) is 17.2. The largest absolute Gasteiger partial charge is 0.382 e. The summed E-state index contributed by atoms with van der Waals surface area (Å²) in [6.07, 6.45) is 4.17. The summed E-state index contributed by atoms with van der Waals surface area (Å²) >= 11 is 1.54. The van der Waals surface area contributed by atoms with E-state index in [1.165, 1.54) is 11.8 Å². The molecule has 0 fully saturated rings. The molecule has 0 heterocycles. The van der Waals surface area contributed by atoms with Crippen molar-refractivity contribution in [3.63, 3.8) is 0 Å². The highest BCUT2D eigenvalue weighted by molar-refractivity contribution is 7.98. The summed E-state index contributed by atoms with van der Waals surface area (Å²) in [4.78, 5) is 24.3. The van der Waals surface area contributed by atoms with Crippen molar-refractivity contribution in [2.75, 3.05) is 65.4 Å². The minimum atomic E-state index is -0.454. The number of amides is 1. The molecule has 1 amide bonds. The number of carbonyl (C=O) groups is 2. The fraction of sp³-hybridized carbons (Fsp3) is 0.889. The Kier molecular flexibility index (Phi) is 18.6. The molecule has 0 aromatic rings. The SMILES string of the molecule is CCCOCCOCCC(=O)NC(CSC)C(=O)CCCOCCOC. The van der Waals surface area contributed by atoms with Gasteiger partial charge < -0.3 is 24.3 Å². The number of ketones is 1. The van der Waals surface area contributed by atoms with E-state index in [4.69, 9.17) is 18.9 Å². The van der Waals surface area contributed by atoms with Gasteiger partial charge >= 0.3 is 0 Å². The van der Waals surface area contributed by atoms with Crippen LogP contribution >= 0.6 is 11.8 Å². The Bertz CT molecular complexity index is 357. The van der Waals surface area contributed by atoms with Crippen LogP contribution in [0.25, 0.3) is 0 Å². The van der Waals surface area contributed by atoms with Gasteiger partial charge in [0.05, 0.1) is 39.1 Å². The predicted molar refractivity (Wildman–Crippen MR) is 104 cm³/mol. The number of thioether (sulfide) groups is 1. The van der Waals surface area contributed by atoms with Crippen molar-refractivity contribution in [2.24, 2.45) is 0 Å². The average molecular weight is 394 g/mol. The van der Waals surface area contributed by atoms with Gasteiger partial charge in [0.1, 0.15) is 0 Å². The number of Topliss-reactive ketones (excluding diaryl/α,β-unsaturated/α-hetero) is 1. The van der Waals surface area contributed by atoms with Gasteiger partial charge in [-0.05, 0) is 19.1 Å². The van der Waals surface area contributed by atoms with Crippen LogP contribution in [0.5, 0.6) is 0 Å². The molecule has 26 heavy (non-hydrogen) atoms. The Morgan fingerprint density at radius 2 is 1.58 bits per heavy atom. The Labute approximate surface area is 161 Å². The molecule has 0 radical (unpaired) electrons. The van der Waals surface area contributed by atoms with E-state index in [9.17, 15) is 9.59 Å². The lowest BCUT2D eigenvalue weighted by Crippen LogP contribution is -2.43. The first-order valence-electron chi connectivity index (χ1n) is 9.18. The monoisotopic (exact) mass is 393 g/mol. The summed E-state index contributed by atoms with van der Waals surface area (Å²) in [5.74, 6) is 0.445. The Hall–Kier alpha value is -0.670. The van der Waals surface area contributed by atoms with Crippen molar-refractivity contribution < 1.29 is 28.5 Å². The zero-order valence-electron chi connectivity index (χ0n) is 16.4. The molecule has 1 N–H and O–H groups in total. The molecule has 0 saturated heterocycles. The fourth-order valence-electron chi connectivity index (χ4n) is 2.05. The lowest BCUT2D eigenvalue weighted by atomic mass is 10.1. The van der Waals surface area contributed by atoms with Crippen LogP contribution in [0.15, 0.2) is 0 Å². The molecule has 0 aliphatic heterocycles. The van der Waals surface area contributed by atoms with E-state index in [1.54, 1.807) is 7.11 Å². The molecule has 0 aromatic heterocycles. The molecule has 154 valence electrons. The number of hydrogen-bond acceptors (Lipinski definition) is 7. The number of carbonyl (C=O) groups excluding carboxylic acids is 2. The Morgan fingerprint density at radius 1 is 0.923 bits per heavy atom. The summed E-state index contributed by atoms with van der Waals surface area (Å²) < 4.78 is 20.9. The quantitative estimate of drug-likeness (QED) is 0.334. The number of methoxy groups -OCH3 is 1. The van der Waals surface area contributed by atoms with Gasteiger partial charge in [-0.25, -0.2) is 0 Å². The molecule has 1 atom stereocenters. The first-order chi connectivity index (χ1) is 12.7. The maximum absolute atomic E-state index is 12.3. The van der Waals surface area contributed by atoms with Crippen LogP contribution in [0.4, 0.5) is 0 Å². The molecule has 0 aromatic carbocycles. The number of hydrogen-bond donors (Lipinski definition) is 1. The third-order valence-corrected chi connectivity index (χ3v) is 4.06. The van der Waals surface area contributed by atoms with E-state index in [1.807, 2.05) is 13.2 Å². The first kappa shape index (κ1) is 25.3. The van der Waals surface area contributed by atoms with Gasteiger partial charge in [0.15, 0.2) is 5.78 Å². The second-order valence-electron chi connectivity index (χ2n) is 5.73. The first-order valence-corrected chi connectivity index (χ1v) is 10.6. The van der Waals surface area contributed by atoms with Crippen molar-refractivity contribution in [1.82, 2.24) is 5.32 Å². The highest BCUT2D eigenvalue weighted by Gasteiger charge is 2.19. The molecule has 0 saturated carbocycles. The number of ether oxygens (including phenoxy) is 4. The minimum absolute atomic E-state index is 0.0388. The van der Waals surface area contributed by atoms with Crippen LogP contribution in [0.2, 0.25) is 0 Å². The van der Waals surface area contributed by atoms with E-state index in [-0.39, 0.29) is 18.1 Å². The van der Waals surface area contributed by atoms with Crippen molar-refractivity contribution >= 4 is 23.5 Å². The molecule has 8 heteroatoms. The second-order valence-corrected chi connectivity index (χ2v) is 6.64. The fourth-order valence-corrected chi connectivity index (χ4v) is 2.65. The van der Waals surface area contributed by atoms with E-state index in [0.717, 1.165) is 13.0 Å². The van der Waals surface area contributed by atoms with Crippen LogP contribution in [-0.2, 0) is 28.5 Å². The molecular formula is C18H35NO6S. The maximum atomic E-state index is 12.3. The zero-order chi connectivity index (χ0) is 19.5. The van der Waals surface area contributed by atoms with Crippen LogP contribution in [-0.4, -0.2) is 83.1 Å². The lowest BCUT2D eigenvalue weighted by Gasteiger charge is -2.17. The van der Waals surface area contributed by atoms with Gasteiger partial charge in [-0.2, -0.15) is 11.8 Å². The van der Waals surface area contributed by atoms with Gasteiger partial charge in [0.25, 0.3) is 0 Å².